The molecule has 0 aliphatic carbocycles. The zero-order valence-electron chi connectivity index (χ0n) is 11.1. The van der Waals surface area contributed by atoms with Crippen molar-refractivity contribution in [2.45, 2.75) is 39.3 Å². The van der Waals surface area contributed by atoms with E-state index in [1.54, 1.807) is 12.1 Å². The molecule has 0 heterocycles. The molecule has 0 aliphatic heterocycles. The van der Waals surface area contributed by atoms with E-state index >= 15 is 0 Å². The van der Waals surface area contributed by atoms with Crippen molar-refractivity contribution in [3.05, 3.63) is 35.6 Å². The number of rotatable bonds is 5. The van der Waals surface area contributed by atoms with E-state index in [-0.39, 0.29) is 17.5 Å². The molecule has 0 saturated heterocycles. The minimum atomic E-state index is -0.197. The van der Waals surface area contributed by atoms with Gasteiger partial charge in [0.25, 0.3) is 0 Å². The van der Waals surface area contributed by atoms with Gasteiger partial charge in [-0.05, 0) is 45.4 Å². The van der Waals surface area contributed by atoms with Crippen molar-refractivity contribution in [3.8, 4) is 0 Å². The van der Waals surface area contributed by atoms with E-state index in [2.05, 4.69) is 12.2 Å². The van der Waals surface area contributed by atoms with Crippen LogP contribution >= 0.6 is 0 Å². The summed E-state index contributed by atoms with van der Waals surface area (Å²) in [5.41, 5.74) is 0.989. The zero-order chi connectivity index (χ0) is 12.9. The molecule has 96 valence electrons. The van der Waals surface area contributed by atoms with Crippen molar-refractivity contribution in [2.24, 2.45) is 0 Å². The van der Waals surface area contributed by atoms with E-state index in [0.717, 1.165) is 12.1 Å². The van der Waals surface area contributed by atoms with Crippen molar-refractivity contribution >= 4 is 0 Å². The van der Waals surface area contributed by atoms with Gasteiger partial charge in [-0.15, -0.1) is 0 Å². The summed E-state index contributed by atoms with van der Waals surface area (Å²) in [6, 6.07) is 6.78. The Morgan fingerprint density at radius 2 is 1.82 bits per heavy atom. The molecule has 0 aliphatic rings. The monoisotopic (exact) mass is 239 g/mol. The fraction of sp³-hybridized carbons (Fsp3) is 0.571. The van der Waals surface area contributed by atoms with Crippen LogP contribution in [-0.2, 0) is 4.74 Å². The Balaban J connectivity index is 2.30. The van der Waals surface area contributed by atoms with Crippen molar-refractivity contribution < 1.29 is 9.13 Å². The Morgan fingerprint density at radius 3 is 2.35 bits per heavy atom. The molecule has 1 rings (SSSR count). The molecule has 1 atom stereocenters. The third-order valence-electron chi connectivity index (χ3n) is 2.46. The van der Waals surface area contributed by atoms with Crippen LogP contribution in [0.4, 0.5) is 4.39 Å². The van der Waals surface area contributed by atoms with Crippen LogP contribution in [0.5, 0.6) is 0 Å². The Morgan fingerprint density at radius 1 is 1.24 bits per heavy atom. The molecule has 2 nitrogen and oxygen atoms in total. The van der Waals surface area contributed by atoms with Crippen molar-refractivity contribution in [1.29, 1.82) is 0 Å². The summed E-state index contributed by atoms with van der Waals surface area (Å²) >= 11 is 0. The number of hydrogen-bond donors (Lipinski definition) is 1. The maximum absolute atomic E-state index is 12.7. The van der Waals surface area contributed by atoms with Gasteiger partial charge in [0.1, 0.15) is 5.82 Å². The molecule has 17 heavy (non-hydrogen) atoms. The lowest BCUT2D eigenvalue weighted by Gasteiger charge is -2.21. The van der Waals surface area contributed by atoms with E-state index in [9.17, 15) is 4.39 Å². The number of ether oxygens (including phenoxy) is 1. The highest BCUT2D eigenvalue weighted by molar-refractivity contribution is 5.19. The van der Waals surface area contributed by atoms with Gasteiger partial charge < -0.3 is 10.1 Å². The van der Waals surface area contributed by atoms with E-state index < -0.39 is 0 Å². The normalized spacial score (nSPS) is 13.7. The van der Waals surface area contributed by atoms with Crippen molar-refractivity contribution in [2.75, 3.05) is 13.2 Å². The molecule has 1 aromatic rings. The second-order valence-corrected chi connectivity index (χ2v) is 5.19. The molecule has 0 radical (unpaired) electrons. The van der Waals surface area contributed by atoms with Crippen LogP contribution in [-0.4, -0.2) is 18.8 Å². The van der Waals surface area contributed by atoms with Crippen LogP contribution in [0.15, 0.2) is 24.3 Å². The minimum Gasteiger partial charge on any atom is -0.375 e. The van der Waals surface area contributed by atoms with Crippen LogP contribution in [0, 0.1) is 5.82 Å². The van der Waals surface area contributed by atoms with Crippen LogP contribution in [0.3, 0.4) is 0 Å². The summed E-state index contributed by atoms with van der Waals surface area (Å²) in [6.07, 6.45) is 0. The molecule has 0 fully saturated rings. The minimum absolute atomic E-state index is 0.0964. The summed E-state index contributed by atoms with van der Waals surface area (Å²) in [5, 5.41) is 3.34. The maximum Gasteiger partial charge on any atom is 0.123 e. The SMILES string of the molecule is C[C@H](NCCOC(C)(C)C)c1ccc(F)cc1. The van der Waals surface area contributed by atoms with Gasteiger partial charge >= 0.3 is 0 Å². The average molecular weight is 239 g/mol. The summed E-state index contributed by atoms with van der Waals surface area (Å²) in [7, 11) is 0. The summed E-state index contributed by atoms with van der Waals surface area (Å²) in [5.74, 6) is -0.197. The second kappa shape index (κ2) is 6.12. The number of benzene rings is 1. The Bertz CT molecular complexity index is 329. The summed E-state index contributed by atoms with van der Waals surface area (Å²) < 4.78 is 18.4. The highest BCUT2D eigenvalue weighted by atomic mass is 19.1. The Kier molecular flexibility index (Phi) is 5.09. The lowest BCUT2D eigenvalue weighted by atomic mass is 10.1. The van der Waals surface area contributed by atoms with Gasteiger partial charge in [0.2, 0.25) is 0 Å². The van der Waals surface area contributed by atoms with Crippen LogP contribution in [0.1, 0.15) is 39.3 Å². The van der Waals surface area contributed by atoms with Gasteiger partial charge in [0, 0.05) is 12.6 Å². The Hall–Kier alpha value is -0.930. The van der Waals surface area contributed by atoms with E-state index in [0.29, 0.717) is 6.61 Å². The fourth-order valence-electron chi connectivity index (χ4n) is 1.50. The van der Waals surface area contributed by atoms with Gasteiger partial charge in [-0.3, -0.25) is 0 Å². The molecular formula is C14H22FNO. The first-order valence-electron chi connectivity index (χ1n) is 6.01. The van der Waals surface area contributed by atoms with Gasteiger partial charge in [0.15, 0.2) is 0 Å². The molecule has 0 spiro atoms. The fourth-order valence-corrected chi connectivity index (χ4v) is 1.50. The highest BCUT2D eigenvalue weighted by Crippen LogP contribution is 2.12. The number of nitrogens with one attached hydrogen (secondary N) is 1. The summed E-state index contributed by atoms with van der Waals surface area (Å²) in [6.45, 7) is 9.64. The van der Waals surface area contributed by atoms with Gasteiger partial charge in [-0.2, -0.15) is 0 Å². The van der Waals surface area contributed by atoms with Crippen LogP contribution in [0.2, 0.25) is 0 Å². The molecule has 0 aromatic heterocycles. The first-order valence-corrected chi connectivity index (χ1v) is 6.01. The van der Waals surface area contributed by atoms with Gasteiger partial charge in [-0.1, -0.05) is 12.1 Å². The smallest absolute Gasteiger partial charge is 0.123 e. The van der Waals surface area contributed by atoms with Crippen molar-refractivity contribution in [3.63, 3.8) is 0 Å². The molecule has 3 heteroatoms. The average Bonchev–Trinajstić information content (AvgIpc) is 2.24. The topological polar surface area (TPSA) is 21.3 Å². The second-order valence-electron chi connectivity index (χ2n) is 5.19. The van der Waals surface area contributed by atoms with Crippen LogP contribution < -0.4 is 5.32 Å². The quantitative estimate of drug-likeness (QED) is 0.796. The zero-order valence-corrected chi connectivity index (χ0v) is 11.1. The lowest BCUT2D eigenvalue weighted by Crippen LogP contribution is -2.28. The first-order chi connectivity index (χ1) is 7.88. The Labute approximate surface area is 103 Å². The van der Waals surface area contributed by atoms with Crippen molar-refractivity contribution in [1.82, 2.24) is 5.32 Å². The summed E-state index contributed by atoms with van der Waals surface area (Å²) in [4.78, 5) is 0. The predicted octanol–water partition coefficient (Wildman–Crippen LogP) is 3.29. The third-order valence-corrected chi connectivity index (χ3v) is 2.46. The predicted molar refractivity (Wildman–Crippen MR) is 68.5 cm³/mol. The van der Waals surface area contributed by atoms with Gasteiger partial charge in [-0.25, -0.2) is 4.39 Å². The van der Waals surface area contributed by atoms with E-state index in [1.165, 1.54) is 12.1 Å². The lowest BCUT2D eigenvalue weighted by molar-refractivity contribution is -0.00149. The van der Waals surface area contributed by atoms with Crippen LogP contribution in [0.25, 0.3) is 0 Å². The molecule has 1 aromatic carbocycles. The number of hydrogen-bond acceptors (Lipinski definition) is 2. The number of halogens is 1. The molecule has 0 bridgehead atoms. The molecular weight excluding hydrogens is 217 g/mol. The van der Waals surface area contributed by atoms with E-state index in [1.807, 2.05) is 20.8 Å². The van der Waals surface area contributed by atoms with E-state index in [4.69, 9.17) is 4.74 Å². The maximum atomic E-state index is 12.7. The molecule has 1 N–H and O–H groups in total. The third kappa shape index (κ3) is 5.80. The van der Waals surface area contributed by atoms with Gasteiger partial charge in [0.05, 0.1) is 12.2 Å². The molecule has 0 saturated carbocycles. The first kappa shape index (κ1) is 14.1. The largest absolute Gasteiger partial charge is 0.375 e. The highest BCUT2D eigenvalue weighted by Gasteiger charge is 2.10. The molecule has 0 unspecified atom stereocenters. The molecule has 0 amide bonds. The standard InChI is InChI=1S/C14H22FNO/c1-11(12-5-7-13(15)8-6-12)16-9-10-17-14(2,3)4/h5-8,11,16H,9-10H2,1-4H3/t11-/m0/s1.